The highest BCUT2D eigenvalue weighted by molar-refractivity contribution is 7.09. The second-order valence-corrected chi connectivity index (χ2v) is 5.75. The Bertz CT molecular complexity index is 568. The van der Waals surface area contributed by atoms with Gasteiger partial charge in [-0.25, -0.2) is 4.98 Å². The number of nitrogen functional groups attached to an aromatic ring is 1. The topological polar surface area (TPSA) is 50.9 Å². The van der Waals surface area contributed by atoms with Crippen molar-refractivity contribution in [2.24, 2.45) is 0 Å². The van der Waals surface area contributed by atoms with Gasteiger partial charge in [-0.15, -0.1) is 11.3 Å². The molecule has 2 rings (SSSR count). The molecule has 0 saturated carbocycles. The Kier molecular flexibility index (Phi) is 4.00. The third-order valence-corrected chi connectivity index (χ3v) is 4.34. The summed E-state index contributed by atoms with van der Waals surface area (Å²) in [6.07, 6.45) is 0. The number of nitrogens with zero attached hydrogens (tertiary/aromatic N) is 1. The molecule has 1 aromatic heterocycles. The van der Waals surface area contributed by atoms with Gasteiger partial charge in [-0.2, -0.15) is 0 Å². The van der Waals surface area contributed by atoms with Crippen LogP contribution in [-0.4, -0.2) is 4.98 Å². The number of rotatable bonds is 3. The van der Waals surface area contributed by atoms with Crippen molar-refractivity contribution in [1.82, 2.24) is 4.98 Å². The van der Waals surface area contributed by atoms with E-state index in [1.165, 1.54) is 0 Å². The molecule has 3 nitrogen and oxygen atoms in total. The summed E-state index contributed by atoms with van der Waals surface area (Å²) in [5.74, 6) is 0. The van der Waals surface area contributed by atoms with Crippen LogP contribution >= 0.6 is 34.5 Å². The van der Waals surface area contributed by atoms with E-state index in [0.29, 0.717) is 15.7 Å². The summed E-state index contributed by atoms with van der Waals surface area (Å²) in [5.41, 5.74) is 8.26. The fourth-order valence-electron chi connectivity index (χ4n) is 1.55. The number of hydrogen-bond donors (Lipinski definition) is 2. The molecule has 0 aliphatic rings. The molecule has 0 saturated heterocycles. The van der Waals surface area contributed by atoms with Crippen molar-refractivity contribution in [1.29, 1.82) is 0 Å². The van der Waals surface area contributed by atoms with E-state index in [0.717, 1.165) is 16.4 Å². The average Bonchev–Trinajstić information content (AvgIpc) is 2.73. The molecule has 3 N–H and O–H groups in total. The zero-order valence-electron chi connectivity index (χ0n) is 10.00. The normalized spacial score (nSPS) is 12.4. The zero-order valence-corrected chi connectivity index (χ0v) is 12.3. The molecule has 1 unspecified atom stereocenters. The minimum Gasteiger partial charge on any atom is -0.397 e. The Hall–Kier alpha value is -0.970. The van der Waals surface area contributed by atoms with Gasteiger partial charge in [0.1, 0.15) is 5.01 Å². The summed E-state index contributed by atoms with van der Waals surface area (Å²) in [7, 11) is 0. The van der Waals surface area contributed by atoms with Gasteiger partial charge in [-0.05, 0) is 26.0 Å². The molecule has 1 aromatic carbocycles. The van der Waals surface area contributed by atoms with Crippen molar-refractivity contribution in [3.05, 3.63) is 38.3 Å². The van der Waals surface area contributed by atoms with Crippen molar-refractivity contribution in [2.45, 2.75) is 19.9 Å². The molecule has 96 valence electrons. The fraction of sp³-hybridized carbons (Fsp3) is 0.250. The van der Waals surface area contributed by atoms with Gasteiger partial charge in [0.2, 0.25) is 0 Å². The van der Waals surface area contributed by atoms with E-state index in [1.54, 1.807) is 23.5 Å². The van der Waals surface area contributed by atoms with Crippen molar-refractivity contribution >= 4 is 45.9 Å². The number of nitrogens with two attached hydrogens (primary N) is 1. The maximum atomic E-state index is 5.98. The summed E-state index contributed by atoms with van der Waals surface area (Å²) in [6.45, 7) is 4.00. The SMILES string of the molecule is Cc1csc(C(C)Nc2cc(Cl)c(Cl)cc2N)n1. The van der Waals surface area contributed by atoms with E-state index in [4.69, 9.17) is 28.9 Å². The van der Waals surface area contributed by atoms with Crippen molar-refractivity contribution in [3.8, 4) is 0 Å². The lowest BCUT2D eigenvalue weighted by atomic mass is 10.2. The van der Waals surface area contributed by atoms with Crippen LogP contribution in [0.15, 0.2) is 17.5 Å². The van der Waals surface area contributed by atoms with Crippen molar-refractivity contribution in [3.63, 3.8) is 0 Å². The Labute approximate surface area is 120 Å². The molecule has 0 aliphatic heterocycles. The highest BCUT2D eigenvalue weighted by Gasteiger charge is 2.12. The lowest BCUT2D eigenvalue weighted by Crippen LogP contribution is -2.08. The van der Waals surface area contributed by atoms with Gasteiger partial charge in [-0.3, -0.25) is 0 Å². The number of benzene rings is 1. The lowest BCUT2D eigenvalue weighted by Gasteiger charge is -2.15. The molecule has 0 bridgehead atoms. The second-order valence-electron chi connectivity index (χ2n) is 4.05. The van der Waals surface area contributed by atoms with Crippen LogP contribution < -0.4 is 11.1 Å². The molecular weight excluding hydrogens is 289 g/mol. The van der Waals surface area contributed by atoms with Crippen LogP contribution in [0.25, 0.3) is 0 Å². The Morgan fingerprint density at radius 2 is 2.00 bits per heavy atom. The first-order valence-corrected chi connectivity index (χ1v) is 7.04. The minimum absolute atomic E-state index is 0.0724. The molecule has 18 heavy (non-hydrogen) atoms. The maximum Gasteiger partial charge on any atom is 0.115 e. The largest absolute Gasteiger partial charge is 0.397 e. The van der Waals surface area contributed by atoms with Crippen LogP contribution in [0.4, 0.5) is 11.4 Å². The Morgan fingerprint density at radius 1 is 1.33 bits per heavy atom. The second kappa shape index (κ2) is 5.34. The highest BCUT2D eigenvalue weighted by atomic mass is 35.5. The van der Waals surface area contributed by atoms with Gasteiger partial charge < -0.3 is 11.1 Å². The quantitative estimate of drug-likeness (QED) is 0.820. The summed E-state index contributed by atoms with van der Waals surface area (Å²) in [5, 5.41) is 7.26. The first-order chi connectivity index (χ1) is 8.47. The van der Waals surface area contributed by atoms with Crippen molar-refractivity contribution in [2.75, 3.05) is 11.1 Å². The van der Waals surface area contributed by atoms with Gasteiger partial charge in [0.05, 0.1) is 27.5 Å². The standard InChI is InChI=1S/C12H13Cl2N3S/c1-6-5-18-12(16-6)7(2)17-11-4-9(14)8(13)3-10(11)15/h3-5,7,17H,15H2,1-2H3. The van der Waals surface area contributed by atoms with Crippen LogP contribution in [-0.2, 0) is 0 Å². The van der Waals surface area contributed by atoms with Crippen LogP contribution in [0.5, 0.6) is 0 Å². The minimum atomic E-state index is 0.0724. The van der Waals surface area contributed by atoms with E-state index < -0.39 is 0 Å². The molecule has 6 heteroatoms. The lowest BCUT2D eigenvalue weighted by molar-refractivity contribution is 0.864. The van der Waals surface area contributed by atoms with Crippen molar-refractivity contribution < 1.29 is 0 Å². The van der Waals surface area contributed by atoms with E-state index in [2.05, 4.69) is 10.3 Å². The number of halogens is 2. The fourth-order valence-corrected chi connectivity index (χ4v) is 2.69. The van der Waals surface area contributed by atoms with Crippen LogP contribution in [0.1, 0.15) is 23.7 Å². The molecule has 1 atom stereocenters. The number of anilines is 2. The van der Waals surface area contributed by atoms with E-state index >= 15 is 0 Å². The first kappa shape index (κ1) is 13.5. The molecule has 1 heterocycles. The Morgan fingerprint density at radius 3 is 2.61 bits per heavy atom. The average molecular weight is 302 g/mol. The zero-order chi connectivity index (χ0) is 13.3. The number of nitrogens with one attached hydrogen (secondary N) is 1. The smallest absolute Gasteiger partial charge is 0.115 e. The summed E-state index contributed by atoms with van der Waals surface area (Å²) >= 11 is 13.5. The van der Waals surface area contributed by atoms with Crippen LogP contribution in [0.2, 0.25) is 10.0 Å². The molecule has 0 spiro atoms. The molecular formula is C12H13Cl2N3S. The predicted octanol–water partition coefficient (Wildman–Crippen LogP) is 4.51. The molecule has 0 radical (unpaired) electrons. The van der Waals surface area contributed by atoms with Gasteiger partial charge in [0, 0.05) is 11.1 Å². The molecule has 0 fully saturated rings. The number of hydrogen-bond acceptors (Lipinski definition) is 4. The van der Waals surface area contributed by atoms with E-state index in [-0.39, 0.29) is 6.04 Å². The van der Waals surface area contributed by atoms with Gasteiger partial charge in [0.15, 0.2) is 0 Å². The van der Waals surface area contributed by atoms with Gasteiger partial charge in [-0.1, -0.05) is 23.2 Å². The molecule has 0 amide bonds. The summed E-state index contributed by atoms with van der Waals surface area (Å²) in [4.78, 5) is 4.43. The third kappa shape index (κ3) is 2.88. The number of thiazole rings is 1. The summed E-state index contributed by atoms with van der Waals surface area (Å²) < 4.78 is 0. The first-order valence-electron chi connectivity index (χ1n) is 5.40. The van der Waals surface area contributed by atoms with Gasteiger partial charge in [0.25, 0.3) is 0 Å². The summed E-state index contributed by atoms with van der Waals surface area (Å²) in [6, 6.07) is 3.45. The number of aryl methyl sites for hydroxylation is 1. The van der Waals surface area contributed by atoms with Crippen LogP contribution in [0.3, 0.4) is 0 Å². The molecule has 0 aliphatic carbocycles. The Balaban J connectivity index is 2.21. The predicted molar refractivity (Wildman–Crippen MR) is 79.8 cm³/mol. The van der Waals surface area contributed by atoms with E-state index in [1.807, 2.05) is 19.2 Å². The monoisotopic (exact) mass is 301 g/mol. The van der Waals surface area contributed by atoms with E-state index in [9.17, 15) is 0 Å². The van der Waals surface area contributed by atoms with Gasteiger partial charge >= 0.3 is 0 Å². The highest BCUT2D eigenvalue weighted by Crippen LogP contribution is 2.33. The van der Waals surface area contributed by atoms with Crippen LogP contribution in [0, 0.1) is 6.92 Å². The maximum absolute atomic E-state index is 5.98. The number of aromatic nitrogens is 1. The third-order valence-electron chi connectivity index (χ3n) is 2.47. The molecule has 2 aromatic rings.